The summed E-state index contributed by atoms with van der Waals surface area (Å²) in [5, 5.41) is 3.41. The van der Waals surface area contributed by atoms with Crippen LogP contribution in [0.3, 0.4) is 0 Å². The number of rotatable bonds is 1. The van der Waals surface area contributed by atoms with Crippen LogP contribution in [-0.4, -0.2) is 36.6 Å². The van der Waals surface area contributed by atoms with Gasteiger partial charge in [-0.1, -0.05) is 12.0 Å². The van der Waals surface area contributed by atoms with Crippen LogP contribution in [0.5, 0.6) is 0 Å². The SMILES string of the molecule is C#CC1=CC(N2CCNC[C@H]2C)CC1.Cl.Cl. The minimum absolute atomic E-state index is 0. The van der Waals surface area contributed by atoms with Crippen molar-refractivity contribution in [3.05, 3.63) is 11.6 Å². The van der Waals surface area contributed by atoms with Crippen molar-refractivity contribution in [2.24, 2.45) is 0 Å². The van der Waals surface area contributed by atoms with Crippen LogP contribution >= 0.6 is 24.8 Å². The van der Waals surface area contributed by atoms with Gasteiger partial charge in [-0.25, -0.2) is 0 Å². The fraction of sp³-hybridized carbons (Fsp3) is 0.667. The Labute approximate surface area is 111 Å². The first-order chi connectivity index (χ1) is 6.81. The Morgan fingerprint density at radius 2 is 2.25 bits per heavy atom. The van der Waals surface area contributed by atoms with Crippen molar-refractivity contribution < 1.29 is 0 Å². The first-order valence-electron chi connectivity index (χ1n) is 5.45. The molecule has 0 amide bonds. The highest BCUT2D eigenvalue weighted by Crippen LogP contribution is 2.24. The Morgan fingerprint density at radius 1 is 1.50 bits per heavy atom. The maximum atomic E-state index is 5.41. The van der Waals surface area contributed by atoms with E-state index in [1.165, 1.54) is 12.0 Å². The quantitative estimate of drug-likeness (QED) is 0.726. The number of piperazine rings is 1. The lowest BCUT2D eigenvalue weighted by Crippen LogP contribution is -2.52. The lowest BCUT2D eigenvalue weighted by atomic mass is 10.1. The predicted octanol–water partition coefficient (Wildman–Crippen LogP) is 1.85. The molecular weight excluding hydrogens is 243 g/mol. The van der Waals surface area contributed by atoms with Crippen LogP contribution in [0.4, 0.5) is 0 Å². The van der Waals surface area contributed by atoms with Gasteiger partial charge in [0.05, 0.1) is 0 Å². The molecule has 2 atom stereocenters. The largest absolute Gasteiger partial charge is 0.314 e. The van der Waals surface area contributed by atoms with Crippen LogP contribution in [0.1, 0.15) is 19.8 Å². The van der Waals surface area contributed by atoms with E-state index >= 15 is 0 Å². The molecule has 1 saturated heterocycles. The first kappa shape index (κ1) is 15.8. The van der Waals surface area contributed by atoms with Crippen molar-refractivity contribution in [3.8, 4) is 12.3 Å². The van der Waals surface area contributed by atoms with E-state index in [0.717, 1.165) is 26.1 Å². The summed E-state index contributed by atoms with van der Waals surface area (Å²) >= 11 is 0. The number of terminal acetylenes is 1. The molecule has 16 heavy (non-hydrogen) atoms. The fourth-order valence-corrected chi connectivity index (χ4v) is 2.43. The zero-order chi connectivity index (χ0) is 9.97. The van der Waals surface area contributed by atoms with Crippen molar-refractivity contribution in [3.63, 3.8) is 0 Å². The Hall–Kier alpha value is -0.200. The Kier molecular flexibility index (Phi) is 7.10. The van der Waals surface area contributed by atoms with E-state index in [-0.39, 0.29) is 24.8 Å². The molecule has 92 valence electrons. The average Bonchev–Trinajstić information content (AvgIpc) is 2.67. The molecule has 2 rings (SSSR count). The van der Waals surface area contributed by atoms with Gasteiger partial charge in [-0.2, -0.15) is 0 Å². The summed E-state index contributed by atoms with van der Waals surface area (Å²) in [6, 6.07) is 1.24. The zero-order valence-electron chi connectivity index (χ0n) is 9.61. The highest BCUT2D eigenvalue weighted by Gasteiger charge is 2.27. The first-order valence-corrected chi connectivity index (χ1v) is 5.45. The molecule has 1 fully saturated rings. The van der Waals surface area contributed by atoms with Crippen LogP contribution < -0.4 is 5.32 Å². The Balaban J connectivity index is 0.00000112. The van der Waals surface area contributed by atoms with Gasteiger partial charge < -0.3 is 5.32 Å². The molecule has 4 heteroatoms. The number of nitrogens with one attached hydrogen (secondary N) is 1. The molecule has 0 aromatic rings. The van der Waals surface area contributed by atoms with Crippen molar-refractivity contribution in [1.82, 2.24) is 10.2 Å². The molecular formula is C12H20Cl2N2. The minimum atomic E-state index is 0. The van der Waals surface area contributed by atoms with E-state index in [4.69, 9.17) is 6.42 Å². The van der Waals surface area contributed by atoms with Crippen molar-refractivity contribution in [1.29, 1.82) is 0 Å². The summed E-state index contributed by atoms with van der Waals surface area (Å²) in [4.78, 5) is 2.57. The summed E-state index contributed by atoms with van der Waals surface area (Å²) < 4.78 is 0. The maximum absolute atomic E-state index is 5.41. The number of halogens is 2. The summed E-state index contributed by atoms with van der Waals surface area (Å²) in [6.07, 6.45) is 10.00. The molecule has 1 aliphatic heterocycles. The van der Waals surface area contributed by atoms with Gasteiger partial charge in [-0.05, 0) is 25.3 Å². The third-order valence-corrected chi connectivity index (χ3v) is 3.27. The standard InChI is InChI=1S/C12H18N2.2ClH/c1-3-11-4-5-12(8-11)14-7-6-13-9-10(14)2;;/h1,8,10,12-13H,4-7,9H2,2H3;2*1H/t10-,12?;;/m1../s1. The van der Waals surface area contributed by atoms with Gasteiger partial charge in [0, 0.05) is 31.7 Å². The van der Waals surface area contributed by atoms with Gasteiger partial charge >= 0.3 is 0 Å². The number of hydrogen-bond donors (Lipinski definition) is 1. The van der Waals surface area contributed by atoms with Crippen LogP contribution in [0.15, 0.2) is 11.6 Å². The molecule has 2 nitrogen and oxygen atoms in total. The number of nitrogens with zero attached hydrogens (tertiary/aromatic N) is 1. The molecule has 0 aromatic heterocycles. The molecule has 0 bridgehead atoms. The lowest BCUT2D eigenvalue weighted by molar-refractivity contribution is 0.139. The van der Waals surface area contributed by atoms with Gasteiger partial charge in [0.15, 0.2) is 0 Å². The van der Waals surface area contributed by atoms with Crippen LogP contribution in [-0.2, 0) is 0 Å². The molecule has 0 aromatic carbocycles. The molecule has 0 spiro atoms. The highest BCUT2D eigenvalue weighted by molar-refractivity contribution is 5.85. The zero-order valence-corrected chi connectivity index (χ0v) is 11.2. The van der Waals surface area contributed by atoms with Gasteiger partial charge in [0.25, 0.3) is 0 Å². The Morgan fingerprint density at radius 3 is 2.81 bits per heavy atom. The third kappa shape index (κ3) is 3.40. The summed E-state index contributed by atoms with van der Waals surface area (Å²) in [7, 11) is 0. The predicted molar refractivity (Wildman–Crippen MR) is 73.5 cm³/mol. The highest BCUT2D eigenvalue weighted by atomic mass is 35.5. The average molecular weight is 263 g/mol. The van der Waals surface area contributed by atoms with Crippen LogP contribution in [0.2, 0.25) is 0 Å². The summed E-state index contributed by atoms with van der Waals surface area (Å²) in [5.41, 5.74) is 1.20. The molecule has 1 heterocycles. The second-order valence-electron chi connectivity index (χ2n) is 4.23. The second kappa shape index (κ2) is 7.19. The van der Waals surface area contributed by atoms with Crippen molar-refractivity contribution in [2.45, 2.75) is 31.8 Å². The normalized spacial score (nSPS) is 29.6. The summed E-state index contributed by atoms with van der Waals surface area (Å²) in [6.45, 7) is 5.66. The minimum Gasteiger partial charge on any atom is -0.314 e. The van der Waals surface area contributed by atoms with Gasteiger partial charge in [-0.15, -0.1) is 31.2 Å². The lowest BCUT2D eigenvalue weighted by Gasteiger charge is -2.37. The van der Waals surface area contributed by atoms with Crippen LogP contribution in [0.25, 0.3) is 0 Å². The molecule has 0 radical (unpaired) electrons. The van der Waals surface area contributed by atoms with E-state index in [9.17, 15) is 0 Å². The van der Waals surface area contributed by atoms with Gasteiger partial charge in [-0.3, -0.25) is 4.90 Å². The molecule has 1 aliphatic carbocycles. The van der Waals surface area contributed by atoms with Gasteiger partial charge in [0.2, 0.25) is 0 Å². The Bertz CT molecular complexity index is 283. The molecule has 0 saturated carbocycles. The third-order valence-electron chi connectivity index (χ3n) is 3.27. The smallest absolute Gasteiger partial charge is 0.0297 e. The van der Waals surface area contributed by atoms with E-state index in [1.54, 1.807) is 0 Å². The topological polar surface area (TPSA) is 15.3 Å². The monoisotopic (exact) mass is 262 g/mol. The van der Waals surface area contributed by atoms with E-state index < -0.39 is 0 Å². The molecule has 1 unspecified atom stereocenters. The summed E-state index contributed by atoms with van der Waals surface area (Å²) in [5.74, 6) is 2.77. The van der Waals surface area contributed by atoms with Crippen molar-refractivity contribution >= 4 is 24.8 Å². The van der Waals surface area contributed by atoms with E-state index in [1.807, 2.05) is 0 Å². The second-order valence-corrected chi connectivity index (χ2v) is 4.23. The van der Waals surface area contributed by atoms with E-state index in [2.05, 4.69) is 29.1 Å². The molecule has 1 N–H and O–H groups in total. The van der Waals surface area contributed by atoms with Gasteiger partial charge in [0.1, 0.15) is 0 Å². The number of hydrogen-bond acceptors (Lipinski definition) is 2. The van der Waals surface area contributed by atoms with Crippen molar-refractivity contribution in [2.75, 3.05) is 19.6 Å². The molecule has 2 aliphatic rings. The van der Waals surface area contributed by atoms with Crippen LogP contribution in [0, 0.1) is 12.3 Å². The number of allylic oxidation sites excluding steroid dienone is 1. The van der Waals surface area contributed by atoms with E-state index in [0.29, 0.717) is 12.1 Å². The fourth-order valence-electron chi connectivity index (χ4n) is 2.43. The maximum Gasteiger partial charge on any atom is 0.0297 e.